The highest BCUT2D eigenvalue weighted by Gasteiger charge is 2.38. The molecular weight excluding hydrogens is 580 g/mol. The van der Waals surface area contributed by atoms with Crippen molar-refractivity contribution in [2.45, 2.75) is 70.2 Å². The number of rotatable bonds is 13. The quantitative estimate of drug-likeness (QED) is 0.198. The molecular formula is C31H37F2N3O8. The van der Waals surface area contributed by atoms with E-state index in [1.165, 1.54) is 12.1 Å². The van der Waals surface area contributed by atoms with Crippen LogP contribution in [0.25, 0.3) is 0 Å². The van der Waals surface area contributed by atoms with Crippen molar-refractivity contribution in [1.29, 1.82) is 0 Å². The second-order valence-corrected chi connectivity index (χ2v) is 11.5. The lowest BCUT2D eigenvalue weighted by molar-refractivity contribution is -0.149. The Bertz CT molecular complexity index is 1310. The van der Waals surface area contributed by atoms with Gasteiger partial charge in [-0.3, -0.25) is 24.0 Å². The van der Waals surface area contributed by atoms with Crippen LogP contribution in [-0.4, -0.2) is 69.2 Å². The molecule has 0 saturated heterocycles. The molecule has 0 aliphatic heterocycles. The molecule has 13 heteroatoms. The molecule has 2 aromatic rings. The summed E-state index contributed by atoms with van der Waals surface area (Å²) in [7, 11) is 0. The number of halogens is 2. The zero-order chi connectivity index (χ0) is 32.6. The van der Waals surface area contributed by atoms with Gasteiger partial charge in [-0.15, -0.1) is 0 Å². The van der Waals surface area contributed by atoms with Gasteiger partial charge in [0.15, 0.2) is 0 Å². The lowest BCUT2D eigenvalue weighted by Gasteiger charge is -2.33. The third-order valence-electron chi connectivity index (χ3n) is 7.61. The second kappa shape index (κ2) is 15.4. The minimum atomic E-state index is -1.53. The highest BCUT2D eigenvalue weighted by Crippen LogP contribution is 2.30. The number of hydrogen-bond donors (Lipinski definition) is 6. The normalized spacial score (nSPS) is 20.2. The van der Waals surface area contributed by atoms with Gasteiger partial charge in [-0.2, -0.15) is 0 Å². The van der Waals surface area contributed by atoms with Gasteiger partial charge in [0.2, 0.25) is 11.8 Å². The van der Waals surface area contributed by atoms with Crippen LogP contribution < -0.4 is 16.0 Å². The van der Waals surface area contributed by atoms with Crippen LogP contribution >= 0.6 is 0 Å². The van der Waals surface area contributed by atoms with E-state index in [9.17, 15) is 48.1 Å². The molecule has 6 N–H and O–H groups in total. The number of benzene rings is 2. The van der Waals surface area contributed by atoms with Crippen molar-refractivity contribution in [2.24, 2.45) is 17.8 Å². The summed E-state index contributed by atoms with van der Waals surface area (Å²) < 4.78 is 27.7. The third-order valence-corrected chi connectivity index (χ3v) is 7.61. The summed E-state index contributed by atoms with van der Waals surface area (Å²) in [5.41, 5.74) is 0.390. The Morgan fingerprint density at radius 1 is 0.864 bits per heavy atom. The molecule has 238 valence electrons. The maximum atomic E-state index is 13.9. The molecule has 1 aliphatic carbocycles. The van der Waals surface area contributed by atoms with Crippen LogP contribution in [0.15, 0.2) is 48.5 Å². The fourth-order valence-electron chi connectivity index (χ4n) is 5.34. The number of carboxylic acid groups (broad SMARTS) is 2. The van der Waals surface area contributed by atoms with Gasteiger partial charge < -0.3 is 31.3 Å². The summed E-state index contributed by atoms with van der Waals surface area (Å²) >= 11 is 0. The molecule has 44 heavy (non-hydrogen) atoms. The molecule has 0 spiro atoms. The number of nitrogens with one attached hydrogen (secondary N) is 3. The van der Waals surface area contributed by atoms with Crippen molar-refractivity contribution in [3.8, 4) is 0 Å². The van der Waals surface area contributed by atoms with Crippen molar-refractivity contribution < 1.29 is 48.1 Å². The van der Waals surface area contributed by atoms with E-state index in [4.69, 9.17) is 0 Å². The van der Waals surface area contributed by atoms with Crippen molar-refractivity contribution in [2.75, 3.05) is 0 Å². The first-order valence-corrected chi connectivity index (χ1v) is 14.3. The lowest BCUT2D eigenvalue weighted by atomic mass is 9.78. The number of carboxylic acids is 2. The topological polar surface area (TPSA) is 182 Å². The minimum Gasteiger partial charge on any atom is -0.481 e. The molecule has 5 atom stereocenters. The molecule has 0 aromatic heterocycles. The molecule has 2 unspecified atom stereocenters. The van der Waals surface area contributed by atoms with E-state index in [0.717, 1.165) is 12.1 Å². The SMILES string of the molecule is CC(C)[C@H](NC(=O)C[C@H](O)[C@H](Cc1cc(F)cc(F)c1)NC(=O)c1ccccc1)C(=O)NC1CC(C(=O)O)CC(C(=O)O)C1. The van der Waals surface area contributed by atoms with Gasteiger partial charge in [0.05, 0.1) is 30.4 Å². The van der Waals surface area contributed by atoms with E-state index in [-0.39, 0.29) is 36.8 Å². The molecule has 1 saturated carbocycles. The Hall–Kier alpha value is -4.39. The molecule has 1 fully saturated rings. The first-order valence-electron chi connectivity index (χ1n) is 14.3. The number of carbonyl (C=O) groups excluding carboxylic acids is 3. The summed E-state index contributed by atoms with van der Waals surface area (Å²) in [6, 6.07) is 7.79. The monoisotopic (exact) mass is 617 g/mol. The maximum Gasteiger partial charge on any atom is 0.306 e. The summed E-state index contributed by atoms with van der Waals surface area (Å²) in [6.07, 6.45) is -2.32. The average molecular weight is 618 g/mol. The highest BCUT2D eigenvalue weighted by molar-refractivity contribution is 5.94. The third kappa shape index (κ3) is 9.83. The van der Waals surface area contributed by atoms with Gasteiger partial charge in [-0.25, -0.2) is 8.78 Å². The first-order chi connectivity index (χ1) is 20.7. The van der Waals surface area contributed by atoms with Crippen LogP contribution in [0.3, 0.4) is 0 Å². The fraction of sp³-hybridized carbons (Fsp3) is 0.452. The Kier molecular flexibility index (Phi) is 11.9. The van der Waals surface area contributed by atoms with E-state index < -0.39 is 89.7 Å². The van der Waals surface area contributed by atoms with Crippen LogP contribution in [0.2, 0.25) is 0 Å². The lowest BCUT2D eigenvalue weighted by Crippen LogP contribution is -2.55. The van der Waals surface area contributed by atoms with Crippen molar-refractivity contribution in [3.63, 3.8) is 0 Å². The summed E-state index contributed by atoms with van der Waals surface area (Å²) in [5.74, 6) is -8.37. The Labute approximate surface area is 253 Å². The van der Waals surface area contributed by atoms with Gasteiger partial charge in [0.1, 0.15) is 17.7 Å². The number of carbonyl (C=O) groups is 5. The van der Waals surface area contributed by atoms with Crippen LogP contribution in [0.5, 0.6) is 0 Å². The Morgan fingerprint density at radius 3 is 1.95 bits per heavy atom. The first kappa shape index (κ1) is 34.1. The minimum absolute atomic E-state index is 0.0335. The van der Waals surface area contributed by atoms with Crippen molar-refractivity contribution >= 4 is 29.7 Å². The number of amides is 3. The molecule has 11 nitrogen and oxygen atoms in total. The molecule has 1 aliphatic rings. The molecule has 2 aromatic carbocycles. The van der Waals surface area contributed by atoms with E-state index in [0.29, 0.717) is 6.07 Å². The van der Waals surface area contributed by atoms with E-state index in [1.54, 1.807) is 32.0 Å². The smallest absolute Gasteiger partial charge is 0.306 e. The number of aliphatic hydroxyl groups is 1. The number of aliphatic hydroxyl groups excluding tert-OH is 1. The van der Waals surface area contributed by atoms with Crippen LogP contribution in [0.1, 0.15) is 55.5 Å². The molecule has 3 rings (SSSR count). The summed E-state index contributed by atoms with van der Waals surface area (Å²) in [5, 5.41) is 37.7. The molecule has 0 radical (unpaired) electrons. The molecule has 3 amide bonds. The fourth-order valence-corrected chi connectivity index (χ4v) is 5.34. The summed E-state index contributed by atoms with van der Waals surface area (Å²) in [6.45, 7) is 3.31. The van der Waals surface area contributed by atoms with Crippen LogP contribution in [0.4, 0.5) is 8.78 Å². The Balaban J connectivity index is 1.71. The second-order valence-electron chi connectivity index (χ2n) is 11.5. The largest absolute Gasteiger partial charge is 0.481 e. The van der Waals surface area contributed by atoms with E-state index in [2.05, 4.69) is 16.0 Å². The number of hydrogen-bond acceptors (Lipinski definition) is 6. The maximum absolute atomic E-state index is 13.9. The van der Waals surface area contributed by atoms with Gasteiger partial charge in [-0.1, -0.05) is 32.0 Å². The predicted molar refractivity (Wildman–Crippen MR) is 153 cm³/mol. The molecule has 0 bridgehead atoms. The zero-order valence-corrected chi connectivity index (χ0v) is 24.3. The summed E-state index contributed by atoms with van der Waals surface area (Å²) in [4.78, 5) is 62.1. The van der Waals surface area contributed by atoms with Crippen LogP contribution in [-0.2, 0) is 25.6 Å². The van der Waals surface area contributed by atoms with Crippen LogP contribution in [0, 0.1) is 29.4 Å². The average Bonchev–Trinajstić information content (AvgIpc) is 2.94. The molecule has 0 heterocycles. The highest BCUT2D eigenvalue weighted by atomic mass is 19.1. The van der Waals surface area contributed by atoms with Gasteiger partial charge in [0, 0.05) is 17.7 Å². The van der Waals surface area contributed by atoms with E-state index in [1.807, 2.05) is 0 Å². The predicted octanol–water partition coefficient (Wildman–Crippen LogP) is 2.27. The van der Waals surface area contributed by atoms with Crippen molar-refractivity contribution in [1.82, 2.24) is 16.0 Å². The van der Waals surface area contributed by atoms with E-state index >= 15 is 0 Å². The van der Waals surface area contributed by atoms with Gasteiger partial charge in [-0.05, 0) is 61.4 Å². The van der Waals surface area contributed by atoms with Crippen molar-refractivity contribution in [3.05, 3.63) is 71.3 Å². The van der Waals surface area contributed by atoms with Gasteiger partial charge >= 0.3 is 11.9 Å². The number of aliphatic carboxylic acids is 2. The standard InChI is InChI=1S/C31H37F2N3O8/c1-16(2)27(29(40)34-23-12-19(30(41)42)11-20(13-23)31(43)44)36-26(38)15-25(37)24(10-17-8-21(32)14-22(33)9-17)35-28(39)18-6-4-3-5-7-18/h3-9,14,16,19-20,23-25,27,37H,10-13,15H2,1-2H3,(H,34,40)(H,35,39)(H,36,38)(H,41,42)(H,43,44)/t19?,20?,23?,24-,25-,27-/m0/s1. The van der Waals surface area contributed by atoms with Gasteiger partial charge in [0.25, 0.3) is 5.91 Å². The Morgan fingerprint density at radius 2 is 1.43 bits per heavy atom. The zero-order valence-electron chi connectivity index (χ0n) is 24.3.